The number of hydrogen-bond donors (Lipinski definition) is 4. The number of rotatable bonds is 11. The Morgan fingerprint density at radius 3 is 2.40 bits per heavy atom. The normalized spacial score (nSPS) is 14.4. The molecule has 40 heavy (non-hydrogen) atoms. The minimum Gasteiger partial charge on any atom is -0.493 e. The van der Waals surface area contributed by atoms with E-state index in [1.165, 1.54) is 4.90 Å². The van der Waals surface area contributed by atoms with E-state index in [-0.39, 0.29) is 22.0 Å². The fourth-order valence-electron chi connectivity index (χ4n) is 4.85. The van der Waals surface area contributed by atoms with Crippen LogP contribution in [0.3, 0.4) is 0 Å². The molecule has 0 aromatic heterocycles. The van der Waals surface area contributed by atoms with Crippen LogP contribution in [-0.4, -0.2) is 75.2 Å². The maximum absolute atomic E-state index is 13.2. The number of aryl methyl sites for hydroxylation is 2. The molecule has 1 aliphatic rings. The number of carbonyl (C=O) groups excluding carboxylic acids is 1. The van der Waals surface area contributed by atoms with E-state index in [1.807, 2.05) is 32.9 Å². The van der Waals surface area contributed by atoms with Gasteiger partial charge in [0.25, 0.3) is 5.91 Å². The van der Waals surface area contributed by atoms with Gasteiger partial charge in [-0.15, -0.1) is 0 Å². The molecule has 0 unspecified atom stereocenters. The maximum Gasteiger partial charge on any atom is 0.261 e. The van der Waals surface area contributed by atoms with Crippen molar-refractivity contribution in [2.45, 2.75) is 59.2 Å². The predicted molar refractivity (Wildman–Crippen MR) is 163 cm³/mol. The molecule has 0 atom stereocenters. The van der Waals surface area contributed by atoms with Crippen LogP contribution >= 0.6 is 23.4 Å². The monoisotopic (exact) mass is 588 g/mol. The minimum absolute atomic E-state index is 0.00321. The van der Waals surface area contributed by atoms with Gasteiger partial charge in [0.1, 0.15) is 10.8 Å². The number of amidine groups is 1. The maximum atomic E-state index is 13.2. The van der Waals surface area contributed by atoms with Crippen molar-refractivity contribution in [1.82, 2.24) is 9.80 Å². The third kappa shape index (κ3) is 8.78. The summed E-state index contributed by atoms with van der Waals surface area (Å²) in [4.78, 5) is 17.0. The number of hydrogen-bond acceptors (Lipinski definition) is 8. The summed E-state index contributed by atoms with van der Waals surface area (Å²) in [5.74, 6) is 0.437. The molecule has 1 heterocycles. The van der Waals surface area contributed by atoms with Crippen LogP contribution in [0.5, 0.6) is 5.75 Å². The number of piperidine rings is 1. The molecule has 2 aromatic carbocycles. The van der Waals surface area contributed by atoms with Crippen molar-refractivity contribution in [3.8, 4) is 5.75 Å². The molecule has 0 spiro atoms. The summed E-state index contributed by atoms with van der Waals surface area (Å²) in [5, 5.41) is 36.6. The second kappa shape index (κ2) is 15.5. The largest absolute Gasteiger partial charge is 0.493 e. The zero-order valence-electron chi connectivity index (χ0n) is 23.6. The quantitative estimate of drug-likeness (QED) is 0.116. The number of ether oxygens (including phenoxy) is 1. The molecule has 1 aliphatic heterocycles. The molecule has 1 saturated heterocycles. The van der Waals surface area contributed by atoms with E-state index in [0.29, 0.717) is 29.3 Å². The fourth-order valence-corrected chi connectivity index (χ4v) is 5.78. The lowest BCUT2D eigenvalue weighted by Crippen LogP contribution is -2.38. The van der Waals surface area contributed by atoms with Crippen molar-refractivity contribution in [3.63, 3.8) is 0 Å². The molecule has 0 saturated carbocycles. The van der Waals surface area contributed by atoms with E-state index in [9.17, 15) is 15.0 Å². The van der Waals surface area contributed by atoms with E-state index < -0.39 is 6.29 Å². The van der Waals surface area contributed by atoms with Crippen molar-refractivity contribution >= 4 is 39.5 Å². The van der Waals surface area contributed by atoms with Crippen LogP contribution in [0.25, 0.3) is 0 Å². The van der Waals surface area contributed by atoms with Crippen molar-refractivity contribution in [3.05, 3.63) is 63.7 Å². The van der Waals surface area contributed by atoms with E-state index >= 15 is 0 Å². The predicted octanol–water partition coefficient (Wildman–Crippen LogP) is 5.68. The topological polar surface area (TPSA) is 121 Å². The summed E-state index contributed by atoms with van der Waals surface area (Å²) >= 11 is 7.21. The Morgan fingerprint density at radius 2 is 1.80 bits per heavy atom. The highest BCUT2D eigenvalue weighted by Gasteiger charge is 2.25. The van der Waals surface area contributed by atoms with Gasteiger partial charge < -0.3 is 19.8 Å². The molecule has 0 bridgehead atoms. The number of benzene rings is 2. The third-order valence-electron chi connectivity index (χ3n) is 7.17. The molecule has 1 fully saturated rings. The Morgan fingerprint density at radius 1 is 1.15 bits per heavy atom. The second-order valence-electron chi connectivity index (χ2n) is 10.3. The summed E-state index contributed by atoms with van der Waals surface area (Å²) in [5.41, 5.74) is 2.85. The van der Waals surface area contributed by atoms with Gasteiger partial charge in [-0.3, -0.25) is 20.5 Å². The highest BCUT2D eigenvalue weighted by atomic mass is 35.5. The Hall–Kier alpha value is -2.43. The zero-order chi connectivity index (χ0) is 29.2. The van der Waals surface area contributed by atoms with Crippen LogP contribution in [-0.2, 0) is 0 Å². The molecular weight excluding hydrogens is 548 g/mol. The number of amides is 1. The lowest BCUT2D eigenvalue weighted by atomic mass is 9.96. The molecule has 10 heteroatoms. The van der Waals surface area contributed by atoms with Gasteiger partial charge in [0.2, 0.25) is 0 Å². The summed E-state index contributed by atoms with van der Waals surface area (Å²) in [6.45, 7) is 9.51. The molecule has 2 aromatic rings. The first-order chi connectivity index (χ1) is 19.1. The van der Waals surface area contributed by atoms with Crippen molar-refractivity contribution in [2.24, 2.45) is 5.92 Å². The third-order valence-corrected chi connectivity index (χ3v) is 8.35. The van der Waals surface area contributed by atoms with Crippen LogP contribution in [0.15, 0.2) is 36.4 Å². The number of likely N-dealkylation sites (tertiary alicyclic amines) is 1. The second-order valence-corrected chi connectivity index (χ2v) is 11.7. The number of halogens is 1. The number of nitrogens with one attached hydrogen (secondary N) is 2. The van der Waals surface area contributed by atoms with Crippen LogP contribution < -0.4 is 4.74 Å². The van der Waals surface area contributed by atoms with Crippen LogP contribution in [0.1, 0.15) is 66.1 Å². The number of aliphatic hydroxyl groups is 2. The number of nitrogens with zero attached hydrogens (tertiary/aromatic N) is 2. The summed E-state index contributed by atoms with van der Waals surface area (Å²) in [6.07, 6.45) is 2.84. The average molecular weight is 589 g/mol. The number of unbranched alkanes of at least 4 members (excludes halogenated alkanes) is 1. The standard InChI is InChI=1S/C30H41ClN4O4S/c1-4-5-14-35(28(36)24-9-6-7-10-25(24)31)30(33)40-27(32)23-18-20(2)26(21(3)19-23)39-17-8-13-34-15-11-22(12-16-34)29(37)38/h6-7,9-10,18-19,22,29,32-33,37-38H,4-5,8,11-17H2,1-3H3. The van der Waals surface area contributed by atoms with E-state index in [2.05, 4.69) is 4.90 Å². The molecule has 8 nitrogen and oxygen atoms in total. The number of aliphatic hydroxyl groups excluding tert-OH is 1. The van der Waals surface area contributed by atoms with Crippen LogP contribution in [0, 0.1) is 30.6 Å². The van der Waals surface area contributed by atoms with Gasteiger partial charge in [-0.25, -0.2) is 0 Å². The Balaban J connectivity index is 1.57. The SMILES string of the molecule is CCCCN(C(=N)SC(=N)c1cc(C)c(OCCCN2CCC(C(O)O)CC2)c(C)c1)C(=O)c1ccccc1Cl. The highest BCUT2D eigenvalue weighted by molar-refractivity contribution is 8.26. The van der Waals surface area contributed by atoms with Crippen LogP contribution in [0.2, 0.25) is 5.02 Å². The van der Waals surface area contributed by atoms with Gasteiger partial charge in [-0.2, -0.15) is 0 Å². The molecule has 0 aliphatic carbocycles. The van der Waals surface area contributed by atoms with E-state index in [0.717, 1.165) is 80.4 Å². The summed E-state index contributed by atoms with van der Waals surface area (Å²) < 4.78 is 6.12. The molecule has 3 rings (SSSR count). The Labute approximate surface area is 246 Å². The summed E-state index contributed by atoms with van der Waals surface area (Å²) in [6, 6.07) is 10.6. The van der Waals surface area contributed by atoms with Gasteiger partial charge in [0.15, 0.2) is 11.5 Å². The summed E-state index contributed by atoms with van der Waals surface area (Å²) in [7, 11) is 0. The van der Waals surface area contributed by atoms with Gasteiger partial charge in [-0.1, -0.05) is 37.1 Å². The molecular formula is C30H41ClN4O4S. The first-order valence-electron chi connectivity index (χ1n) is 13.9. The van der Waals surface area contributed by atoms with Crippen molar-refractivity contribution in [1.29, 1.82) is 10.8 Å². The van der Waals surface area contributed by atoms with Crippen molar-refractivity contribution < 1.29 is 19.7 Å². The molecule has 1 amide bonds. The van der Waals surface area contributed by atoms with E-state index in [1.54, 1.807) is 24.3 Å². The van der Waals surface area contributed by atoms with Gasteiger partial charge >= 0.3 is 0 Å². The first kappa shape index (κ1) is 32.1. The Bertz CT molecular complexity index is 1160. The lowest BCUT2D eigenvalue weighted by Gasteiger charge is -2.32. The van der Waals surface area contributed by atoms with Gasteiger partial charge in [0.05, 0.1) is 17.2 Å². The highest BCUT2D eigenvalue weighted by Crippen LogP contribution is 2.28. The van der Waals surface area contributed by atoms with Crippen molar-refractivity contribution in [2.75, 3.05) is 32.8 Å². The van der Waals surface area contributed by atoms with Gasteiger partial charge in [0, 0.05) is 24.6 Å². The zero-order valence-corrected chi connectivity index (χ0v) is 25.2. The lowest BCUT2D eigenvalue weighted by molar-refractivity contribution is -0.0982. The average Bonchev–Trinajstić information content (AvgIpc) is 2.92. The number of thioether (sulfide) groups is 1. The van der Waals surface area contributed by atoms with Gasteiger partial charge in [-0.05, 0) is 99.8 Å². The molecule has 218 valence electrons. The fraction of sp³-hybridized carbons (Fsp3) is 0.500. The van der Waals surface area contributed by atoms with Crippen LogP contribution in [0.4, 0.5) is 0 Å². The first-order valence-corrected chi connectivity index (χ1v) is 15.1. The Kier molecular flexibility index (Phi) is 12.5. The molecule has 4 N–H and O–H groups in total. The number of carbonyl (C=O) groups is 1. The smallest absolute Gasteiger partial charge is 0.261 e. The molecule has 0 radical (unpaired) electrons. The minimum atomic E-state index is -1.22. The van der Waals surface area contributed by atoms with E-state index in [4.69, 9.17) is 27.2 Å².